The largest absolute Gasteiger partial charge is 0.352 e. The molecule has 2 aromatic rings. The summed E-state index contributed by atoms with van der Waals surface area (Å²) in [6.45, 7) is 1.39. The van der Waals surface area contributed by atoms with Crippen molar-refractivity contribution in [1.82, 2.24) is 10.6 Å². The summed E-state index contributed by atoms with van der Waals surface area (Å²) in [7, 11) is -0.304. The molecule has 2 N–H and O–H groups in total. The number of rotatable bonds is 8. The summed E-state index contributed by atoms with van der Waals surface area (Å²) >= 11 is 0. The van der Waals surface area contributed by atoms with Crippen LogP contribution in [0.4, 0.5) is 5.69 Å². The van der Waals surface area contributed by atoms with E-state index in [0.717, 1.165) is 13.0 Å². The van der Waals surface area contributed by atoms with Gasteiger partial charge in [-0.2, -0.15) is 0 Å². The second-order valence-electron chi connectivity index (χ2n) is 5.55. The molecule has 2 aromatic carbocycles. The first kappa shape index (κ1) is 22.0. The first-order valence-electron chi connectivity index (χ1n) is 8.03. The smallest absolute Gasteiger partial charge is 0.264 e. The second kappa shape index (κ2) is 10.2. The average molecular weight is 398 g/mol. The lowest BCUT2D eigenvalue weighted by molar-refractivity contribution is 0.0953. The Morgan fingerprint density at radius 2 is 1.62 bits per heavy atom. The van der Waals surface area contributed by atoms with Crippen LogP contribution < -0.4 is 14.9 Å². The van der Waals surface area contributed by atoms with Gasteiger partial charge in [-0.3, -0.25) is 9.10 Å². The summed E-state index contributed by atoms with van der Waals surface area (Å²) in [5, 5.41) is 5.81. The van der Waals surface area contributed by atoms with Crippen LogP contribution in [0, 0.1) is 0 Å². The van der Waals surface area contributed by atoms with Crippen LogP contribution in [0.5, 0.6) is 0 Å². The van der Waals surface area contributed by atoms with Gasteiger partial charge in [-0.1, -0.05) is 18.2 Å². The topological polar surface area (TPSA) is 78.5 Å². The van der Waals surface area contributed by atoms with Gasteiger partial charge in [-0.15, -0.1) is 12.4 Å². The molecule has 1 amide bonds. The minimum Gasteiger partial charge on any atom is -0.352 e. The van der Waals surface area contributed by atoms with Gasteiger partial charge in [0, 0.05) is 19.2 Å². The van der Waals surface area contributed by atoms with Crippen molar-refractivity contribution < 1.29 is 13.2 Å². The van der Waals surface area contributed by atoms with Crippen molar-refractivity contribution >= 4 is 34.0 Å². The monoisotopic (exact) mass is 397 g/mol. The van der Waals surface area contributed by atoms with Crippen LogP contribution in [-0.4, -0.2) is 41.5 Å². The maximum Gasteiger partial charge on any atom is 0.264 e. The number of carbonyl (C=O) groups excluding carboxylic acids is 1. The Kier molecular flexibility index (Phi) is 8.57. The summed E-state index contributed by atoms with van der Waals surface area (Å²) in [4.78, 5) is 12.2. The van der Waals surface area contributed by atoms with Crippen molar-refractivity contribution in [3.05, 3.63) is 60.2 Å². The van der Waals surface area contributed by atoms with E-state index in [2.05, 4.69) is 10.6 Å². The van der Waals surface area contributed by atoms with Gasteiger partial charge in [0.15, 0.2) is 0 Å². The quantitative estimate of drug-likeness (QED) is 0.670. The fourth-order valence-corrected chi connectivity index (χ4v) is 3.48. The number of anilines is 1. The summed E-state index contributed by atoms with van der Waals surface area (Å²) < 4.78 is 26.6. The highest BCUT2D eigenvalue weighted by Gasteiger charge is 2.21. The number of sulfonamides is 1. The molecule has 0 unspecified atom stereocenters. The highest BCUT2D eigenvalue weighted by atomic mass is 35.5. The van der Waals surface area contributed by atoms with Crippen LogP contribution >= 0.6 is 12.4 Å². The SMILES string of the molecule is CNCCCNC(=O)c1ccc(S(=O)(=O)N(C)c2ccccc2)cc1.Cl. The van der Waals surface area contributed by atoms with Crippen LogP contribution in [0.1, 0.15) is 16.8 Å². The lowest BCUT2D eigenvalue weighted by Crippen LogP contribution is -2.27. The number of hydrogen-bond acceptors (Lipinski definition) is 4. The van der Waals surface area contributed by atoms with Gasteiger partial charge in [0.25, 0.3) is 15.9 Å². The van der Waals surface area contributed by atoms with Crippen LogP contribution in [-0.2, 0) is 10.0 Å². The Hall–Kier alpha value is -2.09. The standard InChI is InChI=1S/C18H23N3O3S.ClH/c1-19-13-6-14-20-18(22)15-9-11-17(12-10-15)25(23,24)21(2)16-7-4-3-5-8-16;/h3-5,7-12,19H,6,13-14H2,1-2H3,(H,20,22);1H. The molecule has 0 saturated heterocycles. The van der Waals surface area contributed by atoms with Crippen molar-refractivity contribution in [2.45, 2.75) is 11.3 Å². The van der Waals surface area contributed by atoms with E-state index in [1.165, 1.54) is 35.6 Å². The van der Waals surface area contributed by atoms with Gasteiger partial charge in [0.2, 0.25) is 0 Å². The molecule has 0 radical (unpaired) electrons. The van der Waals surface area contributed by atoms with E-state index in [9.17, 15) is 13.2 Å². The Morgan fingerprint density at radius 1 is 1.00 bits per heavy atom. The number of nitrogens with one attached hydrogen (secondary N) is 2. The normalized spacial score (nSPS) is 10.7. The molecule has 0 heterocycles. The molecule has 26 heavy (non-hydrogen) atoms. The third-order valence-electron chi connectivity index (χ3n) is 3.78. The van der Waals surface area contributed by atoms with E-state index in [1.54, 1.807) is 24.3 Å². The molecule has 0 aromatic heterocycles. The van der Waals surface area contributed by atoms with Gasteiger partial charge in [0.05, 0.1) is 10.6 Å². The van der Waals surface area contributed by atoms with Crippen LogP contribution in [0.15, 0.2) is 59.5 Å². The molecule has 8 heteroatoms. The first-order chi connectivity index (χ1) is 12.0. The maximum atomic E-state index is 12.7. The van der Waals surface area contributed by atoms with Crippen LogP contribution in [0.25, 0.3) is 0 Å². The number of benzene rings is 2. The van der Waals surface area contributed by atoms with Gasteiger partial charge in [0.1, 0.15) is 0 Å². The lowest BCUT2D eigenvalue weighted by atomic mass is 10.2. The molecular weight excluding hydrogens is 374 g/mol. The summed E-state index contributed by atoms with van der Waals surface area (Å²) in [5.41, 5.74) is 1.01. The molecule has 0 fully saturated rings. The predicted molar refractivity (Wildman–Crippen MR) is 107 cm³/mol. The van der Waals surface area contributed by atoms with E-state index in [4.69, 9.17) is 0 Å². The molecule has 142 valence electrons. The van der Waals surface area contributed by atoms with Crippen LogP contribution in [0.2, 0.25) is 0 Å². The van der Waals surface area contributed by atoms with Crippen molar-refractivity contribution in [3.8, 4) is 0 Å². The highest BCUT2D eigenvalue weighted by molar-refractivity contribution is 7.92. The number of amides is 1. The maximum absolute atomic E-state index is 12.7. The summed E-state index contributed by atoms with van der Waals surface area (Å²) in [6.07, 6.45) is 0.830. The zero-order chi connectivity index (χ0) is 18.3. The lowest BCUT2D eigenvalue weighted by Gasteiger charge is -2.19. The third kappa shape index (κ3) is 5.45. The first-order valence-corrected chi connectivity index (χ1v) is 9.47. The average Bonchev–Trinajstić information content (AvgIpc) is 2.65. The van der Waals surface area contributed by atoms with Gasteiger partial charge >= 0.3 is 0 Å². The van der Waals surface area contributed by atoms with E-state index >= 15 is 0 Å². The summed E-state index contributed by atoms with van der Waals surface area (Å²) in [5.74, 6) is -0.212. The van der Waals surface area contributed by atoms with Gasteiger partial charge < -0.3 is 10.6 Å². The number of nitrogens with zero attached hydrogens (tertiary/aromatic N) is 1. The van der Waals surface area contributed by atoms with E-state index < -0.39 is 10.0 Å². The predicted octanol–water partition coefficient (Wildman–Crippen LogP) is 2.27. The molecule has 0 bridgehead atoms. The van der Waals surface area contributed by atoms with Gasteiger partial charge in [-0.05, 0) is 56.4 Å². The van der Waals surface area contributed by atoms with E-state index in [1.807, 2.05) is 13.1 Å². The van der Waals surface area contributed by atoms with Crippen LogP contribution in [0.3, 0.4) is 0 Å². The van der Waals surface area contributed by atoms with E-state index in [-0.39, 0.29) is 23.2 Å². The number of carbonyl (C=O) groups is 1. The Labute approximate surface area is 161 Å². The second-order valence-corrected chi connectivity index (χ2v) is 7.51. The van der Waals surface area contributed by atoms with Crippen molar-refractivity contribution in [3.63, 3.8) is 0 Å². The zero-order valence-electron chi connectivity index (χ0n) is 14.8. The molecule has 0 spiro atoms. The summed E-state index contributed by atoms with van der Waals surface area (Å²) in [6, 6.07) is 14.8. The molecule has 0 aliphatic rings. The highest BCUT2D eigenvalue weighted by Crippen LogP contribution is 2.21. The molecule has 0 aliphatic carbocycles. The molecule has 0 aliphatic heterocycles. The number of hydrogen-bond donors (Lipinski definition) is 2. The molecule has 0 atom stereocenters. The molecular formula is C18H24ClN3O3S. The molecule has 0 saturated carbocycles. The number of halogens is 1. The zero-order valence-corrected chi connectivity index (χ0v) is 16.4. The van der Waals surface area contributed by atoms with E-state index in [0.29, 0.717) is 17.8 Å². The Bertz CT molecular complexity index is 796. The Balaban J connectivity index is 0.00000338. The van der Waals surface area contributed by atoms with Gasteiger partial charge in [-0.25, -0.2) is 8.42 Å². The van der Waals surface area contributed by atoms with Crippen molar-refractivity contribution in [2.75, 3.05) is 31.5 Å². The fraction of sp³-hybridized carbons (Fsp3) is 0.278. The van der Waals surface area contributed by atoms with Crippen molar-refractivity contribution in [1.29, 1.82) is 0 Å². The third-order valence-corrected chi connectivity index (χ3v) is 5.58. The van der Waals surface area contributed by atoms with Crippen molar-refractivity contribution in [2.24, 2.45) is 0 Å². The number of para-hydroxylation sites is 1. The fourth-order valence-electron chi connectivity index (χ4n) is 2.28. The molecule has 6 nitrogen and oxygen atoms in total. The minimum atomic E-state index is -3.67. The Morgan fingerprint density at radius 3 is 2.19 bits per heavy atom. The molecule has 2 rings (SSSR count). The minimum absolute atomic E-state index is 0.